The first-order valence-electron chi connectivity index (χ1n) is 5.69. The highest BCUT2D eigenvalue weighted by atomic mass is 35.5. The van der Waals surface area contributed by atoms with Crippen molar-refractivity contribution < 1.29 is 9.59 Å². The predicted molar refractivity (Wildman–Crippen MR) is 69.4 cm³/mol. The molecule has 6 heteroatoms. The fraction of sp³-hybridized carbons (Fsp3) is 0.333. The number of piperidine rings is 1. The lowest BCUT2D eigenvalue weighted by Crippen LogP contribution is -2.47. The van der Waals surface area contributed by atoms with Gasteiger partial charge in [-0.05, 0) is 24.6 Å². The first-order valence-corrected chi connectivity index (χ1v) is 6.06. The van der Waals surface area contributed by atoms with E-state index in [0.717, 1.165) is 0 Å². The smallest absolute Gasteiger partial charge is 0.251 e. The minimum absolute atomic E-state index is 0.0243. The second-order valence-electron chi connectivity index (χ2n) is 4.25. The van der Waals surface area contributed by atoms with E-state index in [4.69, 9.17) is 17.3 Å². The minimum atomic E-state index is -0.209. The standard InChI is InChI=1S/C12H14ClN3O2/c13-9-3-1-7(5-10(9)14)12(18)16-8-2-4-11(17)15-6-8/h1,3,5,8H,2,4,6,14H2,(H,15,17)(H,16,18). The van der Waals surface area contributed by atoms with Crippen LogP contribution in [-0.2, 0) is 4.79 Å². The SMILES string of the molecule is Nc1cc(C(=O)NC2CCC(=O)NC2)ccc1Cl. The summed E-state index contributed by atoms with van der Waals surface area (Å²) in [4.78, 5) is 22.9. The van der Waals surface area contributed by atoms with E-state index >= 15 is 0 Å². The normalized spacial score (nSPS) is 19.2. The number of amides is 2. The summed E-state index contributed by atoms with van der Waals surface area (Å²) in [7, 11) is 0. The van der Waals surface area contributed by atoms with Gasteiger partial charge in [-0.25, -0.2) is 0 Å². The number of carbonyl (C=O) groups excluding carboxylic acids is 2. The lowest BCUT2D eigenvalue weighted by Gasteiger charge is -2.23. The summed E-state index contributed by atoms with van der Waals surface area (Å²) in [5.74, 6) is -0.184. The van der Waals surface area contributed by atoms with Crippen molar-refractivity contribution >= 4 is 29.1 Å². The van der Waals surface area contributed by atoms with Gasteiger partial charge in [-0.1, -0.05) is 11.6 Å². The highest BCUT2D eigenvalue weighted by Crippen LogP contribution is 2.19. The molecule has 0 spiro atoms. The summed E-state index contributed by atoms with van der Waals surface area (Å²) in [6.07, 6.45) is 1.09. The van der Waals surface area contributed by atoms with Crippen LogP contribution in [0.2, 0.25) is 5.02 Å². The predicted octanol–water partition coefficient (Wildman–Crippen LogP) is 0.931. The molecule has 5 nitrogen and oxygen atoms in total. The lowest BCUT2D eigenvalue weighted by molar-refractivity contribution is -0.122. The summed E-state index contributed by atoms with van der Waals surface area (Å²) in [6.45, 7) is 0.466. The Bertz CT molecular complexity index is 480. The molecule has 1 saturated heterocycles. The molecule has 1 aliphatic heterocycles. The molecule has 1 aliphatic rings. The van der Waals surface area contributed by atoms with E-state index in [1.54, 1.807) is 18.2 Å². The van der Waals surface area contributed by atoms with Gasteiger partial charge in [-0.3, -0.25) is 9.59 Å². The number of nitrogens with one attached hydrogen (secondary N) is 2. The molecule has 2 rings (SSSR count). The topological polar surface area (TPSA) is 84.2 Å². The highest BCUT2D eigenvalue weighted by Gasteiger charge is 2.20. The van der Waals surface area contributed by atoms with Crippen LogP contribution in [-0.4, -0.2) is 24.4 Å². The van der Waals surface area contributed by atoms with Crippen LogP contribution < -0.4 is 16.4 Å². The number of nitrogen functional groups attached to an aromatic ring is 1. The molecule has 1 atom stereocenters. The van der Waals surface area contributed by atoms with Crippen LogP contribution in [0.15, 0.2) is 18.2 Å². The molecule has 1 heterocycles. The van der Waals surface area contributed by atoms with Gasteiger partial charge in [0, 0.05) is 24.6 Å². The number of carbonyl (C=O) groups is 2. The van der Waals surface area contributed by atoms with Crippen LogP contribution in [0.25, 0.3) is 0 Å². The number of nitrogens with two attached hydrogens (primary N) is 1. The van der Waals surface area contributed by atoms with Crippen molar-refractivity contribution in [2.24, 2.45) is 0 Å². The van der Waals surface area contributed by atoms with Gasteiger partial charge in [0.2, 0.25) is 5.91 Å². The molecule has 0 aromatic heterocycles. The molecule has 1 aromatic rings. The second-order valence-corrected chi connectivity index (χ2v) is 4.66. The van der Waals surface area contributed by atoms with Crippen LogP contribution in [0.3, 0.4) is 0 Å². The van der Waals surface area contributed by atoms with Crippen molar-refractivity contribution in [3.8, 4) is 0 Å². The summed E-state index contributed by atoms with van der Waals surface area (Å²) >= 11 is 5.79. The van der Waals surface area contributed by atoms with Crippen LogP contribution >= 0.6 is 11.6 Å². The zero-order valence-electron chi connectivity index (χ0n) is 9.70. The van der Waals surface area contributed by atoms with Gasteiger partial charge in [-0.2, -0.15) is 0 Å². The minimum Gasteiger partial charge on any atom is -0.398 e. The molecule has 4 N–H and O–H groups in total. The first-order chi connectivity index (χ1) is 8.56. The molecule has 0 bridgehead atoms. The van der Waals surface area contributed by atoms with Crippen LogP contribution in [0.1, 0.15) is 23.2 Å². The van der Waals surface area contributed by atoms with Crippen molar-refractivity contribution in [2.45, 2.75) is 18.9 Å². The fourth-order valence-electron chi connectivity index (χ4n) is 1.81. The monoisotopic (exact) mass is 267 g/mol. The first kappa shape index (κ1) is 12.7. The third-order valence-electron chi connectivity index (χ3n) is 2.86. The third-order valence-corrected chi connectivity index (χ3v) is 3.20. The van der Waals surface area contributed by atoms with Crippen molar-refractivity contribution in [3.63, 3.8) is 0 Å². The van der Waals surface area contributed by atoms with Gasteiger partial charge in [-0.15, -0.1) is 0 Å². The number of hydrogen-bond donors (Lipinski definition) is 3. The van der Waals surface area contributed by atoms with Crippen LogP contribution in [0, 0.1) is 0 Å². The Morgan fingerprint density at radius 1 is 1.50 bits per heavy atom. The van der Waals surface area contributed by atoms with E-state index in [1.165, 1.54) is 0 Å². The van der Waals surface area contributed by atoms with E-state index in [-0.39, 0.29) is 17.9 Å². The molecular formula is C12H14ClN3O2. The number of halogens is 1. The van der Waals surface area contributed by atoms with Crippen molar-refractivity contribution in [1.29, 1.82) is 0 Å². The van der Waals surface area contributed by atoms with Crippen molar-refractivity contribution in [1.82, 2.24) is 10.6 Å². The summed E-state index contributed by atoms with van der Waals surface area (Å²) < 4.78 is 0. The summed E-state index contributed by atoms with van der Waals surface area (Å²) in [6, 6.07) is 4.72. The molecule has 96 valence electrons. The average Bonchev–Trinajstić information content (AvgIpc) is 2.35. The molecular weight excluding hydrogens is 254 g/mol. The number of anilines is 1. The maximum atomic E-state index is 11.9. The van der Waals surface area contributed by atoms with Crippen LogP contribution in [0.5, 0.6) is 0 Å². The van der Waals surface area contributed by atoms with E-state index in [1.807, 2.05) is 0 Å². The van der Waals surface area contributed by atoms with Gasteiger partial charge in [0.25, 0.3) is 5.91 Å². The Morgan fingerprint density at radius 3 is 2.89 bits per heavy atom. The number of hydrogen-bond acceptors (Lipinski definition) is 3. The molecule has 1 fully saturated rings. The maximum absolute atomic E-state index is 11.9. The van der Waals surface area contributed by atoms with E-state index < -0.39 is 0 Å². The Morgan fingerprint density at radius 2 is 2.28 bits per heavy atom. The Balaban J connectivity index is 1.99. The van der Waals surface area contributed by atoms with Gasteiger partial charge >= 0.3 is 0 Å². The number of rotatable bonds is 2. The quantitative estimate of drug-likeness (QED) is 0.697. The van der Waals surface area contributed by atoms with Gasteiger partial charge in [0.1, 0.15) is 0 Å². The highest BCUT2D eigenvalue weighted by molar-refractivity contribution is 6.33. The molecule has 0 saturated carbocycles. The molecule has 18 heavy (non-hydrogen) atoms. The summed E-state index contributed by atoms with van der Waals surface area (Å²) in [5, 5.41) is 5.99. The Hall–Kier alpha value is -1.75. The van der Waals surface area contributed by atoms with E-state index in [2.05, 4.69) is 10.6 Å². The molecule has 2 amide bonds. The zero-order valence-corrected chi connectivity index (χ0v) is 10.5. The van der Waals surface area contributed by atoms with Gasteiger partial charge in [0.15, 0.2) is 0 Å². The molecule has 1 aromatic carbocycles. The second kappa shape index (κ2) is 5.27. The number of benzene rings is 1. The van der Waals surface area contributed by atoms with Gasteiger partial charge < -0.3 is 16.4 Å². The lowest BCUT2D eigenvalue weighted by atomic mass is 10.1. The van der Waals surface area contributed by atoms with E-state index in [0.29, 0.717) is 35.7 Å². The Labute approximate surface area is 110 Å². The zero-order chi connectivity index (χ0) is 13.1. The average molecular weight is 268 g/mol. The van der Waals surface area contributed by atoms with E-state index in [9.17, 15) is 9.59 Å². The fourth-order valence-corrected chi connectivity index (χ4v) is 1.93. The Kier molecular flexibility index (Phi) is 3.72. The molecule has 0 radical (unpaired) electrons. The van der Waals surface area contributed by atoms with Crippen LogP contribution in [0.4, 0.5) is 5.69 Å². The van der Waals surface area contributed by atoms with Crippen molar-refractivity contribution in [2.75, 3.05) is 12.3 Å². The molecule has 1 unspecified atom stereocenters. The van der Waals surface area contributed by atoms with Gasteiger partial charge in [0.05, 0.1) is 10.7 Å². The van der Waals surface area contributed by atoms with Crippen molar-refractivity contribution in [3.05, 3.63) is 28.8 Å². The molecule has 0 aliphatic carbocycles. The third kappa shape index (κ3) is 2.92. The largest absolute Gasteiger partial charge is 0.398 e. The summed E-state index contributed by atoms with van der Waals surface area (Å²) in [5.41, 5.74) is 6.48. The maximum Gasteiger partial charge on any atom is 0.251 e.